The summed E-state index contributed by atoms with van der Waals surface area (Å²) < 4.78 is 0. The van der Waals surface area contributed by atoms with Crippen molar-refractivity contribution in [2.75, 3.05) is 13.6 Å². The summed E-state index contributed by atoms with van der Waals surface area (Å²) in [5.41, 5.74) is 7.21. The minimum absolute atomic E-state index is 0.165. The maximum Gasteiger partial charge on any atom is 0.224 e. The Hall–Kier alpha value is -1.42. The van der Waals surface area contributed by atoms with Gasteiger partial charge in [-0.25, -0.2) is 0 Å². The first-order valence-corrected chi connectivity index (χ1v) is 7.01. The molecule has 1 aliphatic rings. The van der Waals surface area contributed by atoms with Gasteiger partial charge in [0.25, 0.3) is 0 Å². The van der Waals surface area contributed by atoms with Crippen LogP contribution in [0.5, 0.6) is 0 Å². The summed E-state index contributed by atoms with van der Waals surface area (Å²) in [5, 5.41) is 0. The van der Waals surface area contributed by atoms with Gasteiger partial charge in [-0.15, -0.1) is 0 Å². The number of hydrogen-bond acceptors (Lipinski definition) is 3. The second-order valence-corrected chi connectivity index (χ2v) is 5.67. The van der Waals surface area contributed by atoms with Crippen LogP contribution in [-0.2, 0) is 11.2 Å². The molecule has 0 bridgehead atoms. The maximum absolute atomic E-state index is 12.2. The molecule has 1 fully saturated rings. The molecule has 1 saturated carbocycles. The summed E-state index contributed by atoms with van der Waals surface area (Å²) in [7, 11) is 1.86. The molecule has 0 spiro atoms. The fourth-order valence-electron chi connectivity index (χ4n) is 2.66. The van der Waals surface area contributed by atoms with Gasteiger partial charge in [-0.05, 0) is 37.0 Å². The molecule has 0 saturated heterocycles. The Balaban J connectivity index is 1.79. The standard InChI is InChI=1S/C15H23N3O/c1-18(11-6-13-4-9-17-10-5-13)14(19)12-15(16)7-2-3-8-15/h4-5,9-10H,2-3,6-8,11-12,16H2,1H3. The van der Waals surface area contributed by atoms with Gasteiger partial charge in [0.1, 0.15) is 0 Å². The van der Waals surface area contributed by atoms with Gasteiger partial charge in [0.2, 0.25) is 5.91 Å². The third-order valence-electron chi connectivity index (χ3n) is 4.01. The molecular weight excluding hydrogens is 238 g/mol. The highest BCUT2D eigenvalue weighted by atomic mass is 16.2. The first kappa shape index (κ1) is 14.0. The maximum atomic E-state index is 12.2. The molecule has 0 atom stereocenters. The van der Waals surface area contributed by atoms with Gasteiger partial charge >= 0.3 is 0 Å². The molecule has 4 heteroatoms. The first-order chi connectivity index (χ1) is 9.09. The molecule has 2 N–H and O–H groups in total. The molecule has 4 nitrogen and oxygen atoms in total. The molecule has 0 aromatic carbocycles. The van der Waals surface area contributed by atoms with E-state index in [1.54, 1.807) is 17.3 Å². The molecule has 0 radical (unpaired) electrons. The van der Waals surface area contributed by atoms with Crippen LogP contribution in [0.15, 0.2) is 24.5 Å². The molecule has 1 aromatic heterocycles. The Morgan fingerprint density at radius 2 is 2.00 bits per heavy atom. The van der Waals surface area contributed by atoms with Crippen molar-refractivity contribution in [2.24, 2.45) is 5.73 Å². The zero-order chi connectivity index (χ0) is 13.7. The topological polar surface area (TPSA) is 59.2 Å². The van der Waals surface area contributed by atoms with Gasteiger partial charge in [-0.1, -0.05) is 12.8 Å². The van der Waals surface area contributed by atoms with Crippen LogP contribution in [0.2, 0.25) is 0 Å². The lowest BCUT2D eigenvalue weighted by molar-refractivity contribution is -0.131. The van der Waals surface area contributed by atoms with Gasteiger partial charge in [-0.3, -0.25) is 9.78 Å². The number of amides is 1. The minimum atomic E-state index is -0.248. The number of nitrogens with zero attached hydrogens (tertiary/aromatic N) is 2. The number of likely N-dealkylation sites (N-methyl/N-ethyl adjacent to an activating group) is 1. The number of carbonyl (C=O) groups is 1. The van der Waals surface area contributed by atoms with Gasteiger partial charge < -0.3 is 10.6 Å². The van der Waals surface area contributed by atoms with E-state index < -0.39 is 0 Å². The first-order valence-electron chi connectivity index (χ1n) is 7.01. The highest BCUT2D eigenvalue weighted by molar-refractivity contribution is 5.77. The fourth-order valence-corrected chi connectivity index (χ4v) is 2.66. The van der Waals surface area contributed by atoms with Crippen molar-refractivity contribution in [1.82, 2.24) is 9.88 Å². The van der Waals surface area contributed by atoms with Gasteiger partial charge in [-0.2, -0.15) is 0 Å². The number of carbonyl (C=O) groups excluding carboxylic acids is 1. The van der Waals surface area contributed by atoms with Gasteiger partial charge in [0.15, 0.2) is 0 Å². The SMILES string of the molecule is CN(CCc1ccncc1)C(=O)CC1(N)CCCC1. The second kappa shape index (κ2) is 6.15. The lowest BCUT2D eigenvalue weighted by Gasteiger charge is -2.26. The third kappa shape index (κ3) is 4.03. The summed E-state index contributed by atoms with van der Waals surface area (Å²) in [6, 6.07) is 3.97. The molecule has 1 amide bonds. The van der Waals surface area contributed by atoms with E-state index in [-0.39, 0.29) is 11.4 Å². The second-order valence-electron chi connectivity index (χ2n) is 5.67. The number of pyridine rings is 1. The Kier molecular flexibility index (Phi) is 4.53. The molecule has 19 heavy (non-hydrogen) atoms. The molecular formula is C15H23N3O. The zero-order valence-corrected chi connectivity index (χ0v) is 11.6. The molecule has 1 heterocycles. The lowest BCUT2D eigenvalue weighted by Crippen LogP contribution is -2.43. The summed E-state index contributed by atoms with van der Waals surface area (Å²) in [5.74, 6) is 0.165. The summed E-state index contributed by atoms with van der Waals surface area (Å²) in [6.45, 7) is 0.735. The van der Waals surface area contributed by atoms with Crippen molar-refractivity contribution in [2.45, 2.75) is 44.1 Å². The number of rotatable bonds is 5. The van der Waals surface area contributed by atoms with Crippen molar-refractivity contribution < 1.29 is 4.79 Å². The van der Waals surface area contributed by atoms with E-state index in [1.165, 1.54) is 5.56 Å². The average molecular weight is 261 g/mol. The highest BCUT2D eigenvalue weighted by Crippen LogP contribution is 2.30. The van der Waals surface area contributed by atoms with E-state index in [1.807, 2.05) is 19.2 Å². The van der Waals surface area contributed by atoms with Crippen LogP contribution in [0.4, 0.5) is 0 Å². The van der Waals surface area contributed by atoms with Gasteiger partial charge in [0.05, 0.1) is 0 Å². The molecule has 0 aliphatic heterocycles. The van der Waals surface area contributed by atoms with Crippen molar-refractivity contribution >= 4 is 5.91 Å². The van der Waals surface area contributed by atoms with E-state index >= 15 is 0 Å². The Labute approximate surface area is 115 Å². The Morgan fingerprint density at radius 1 is 1.37 bits per heavy atom. The fraction of sp³-hybridized carbons (Fsp3) is 0.600. The van der Waals surface area contributed by atoms with Gasteiger partial charge in [0, 0.05) is 37.9 Å². The monoisotopic (exact) mass is 261 g/mol. The average Bonchev–Trinajstić information content (AvgIpc) is 2.83. The van der Waals surface area contributed by atoms with Crippen LogP contribution in [-0.4, -0.2) is 34.9 Å². The smallest absolute Gasteiger partial charge is 0.224 e. The molecule has 1 aromatic rings. The predicted molar refractivity (Wildman–Crippen MR) is 75.6 cm³/mol. The predicted octanol–water partition coefficient (Wildman–Crippen LogP) is 1.74. The quantitative estimate of drug-likeness (QED) is 0.878. The van der Waals surface area contributed by atoms with E-state index in [0.717, 1.165) is 38.6 Å². The van der Waals surface area contributed by atoms with E-state index in [2.05, 4.69) is 4.98 Å². The van der Waals surface area contributed by atoms with Crippen molar-refractivity contribution in [3.8, 4) is 0 Å². The molecule has 1 aliphatic carbocycles. The number of aromatic nitrogens is 1. The zero-order valence-electron chi connectivity index (χ0n) is 11.6. The number of hydrogen-bond donors (Lipinski definition) is 1. The third-order valence-corrected chi connectivity index (χ3v) is 4.01. The van der Waals surface area contributed by atoms with E-state index in [4.69, 9.17) is 5.73 Å². The normalized spacial score (nSPS) is 17.4. The molecule has 104 valence electrons. The van der Waals surface area contributed by atoms with Crippen molar-refractivity contribution in [3.05, 3.63) is 30.1 Å². The highest BCUT2D eigenvalue weighted by Gasteiger charge is 2.32. The van der Waals surface area contributed by atoms with Crippen molar-refractivity contribution in [3.63, 3.8) is 0 Å². The Bertz CT molecular complexity index is 413. The summed E-state index contributed by atoms with van der Waals surface area (Å²) in [6.07, 6.45) is 9.19. The van der Waals surface area contributed by atoms with Crippen LogP contribution in [0.3, 0.4) is 0 Å². The van der Waals surface area contributed by atoms with Crippen LogP contribution >= 0.6 is 0 Å². The minimum Gasteiger partial charge on any atom is -0.345 e. The lowest BCUT2D eigenvalue weighted by atomic mass is 9.94. The van der Waals surface area contributed by atoms with Crippen LogP contribution in [0.1, 0.15) is 37.7 Å². The summed E-state index contributed by atoms with van der Waals surface area (Å²) in [4.78, 5) is 17.9. The largest absolute Gasteiger partial charge is 0.345 e. The van der Waals surface area contributed by atoms with Crippen LogP contribution < -0.4 is 5.73 Å². The molecule has 2 rings (SSSR count). The summed E-state index contributed by atoms with van der Waals surface area (Å²) >= 11 is 0. The van der Waals surface area contributed by atoms with Crippen LogP contribution in [0.25, 0.3) is 0 Å². The van der Waals surface area contributed by atoms with E-state index in [9.17, 15) is 4.79 Å². The van der Waals surface area contributed by atoms with Crippen LogP contribution in [0, 0.1) is 0 Å². The van der Waals surface area contributed by atoms with E-state index in [0.29, 0.717) is 6.42 Å². The molecule has 0 unspecified atom stereocenters. The van der Waals surface area contributed by atoms with Crippen molar-refractivity contribution in [1.29, 1.82) is 0 Å². The number of nitrogens with two attached hydrogens (primary N) is 1. The Morgan fingerprint density at radius 3 is 2.63 bits per heavy atom.